The standard InChI is InChI=1S/C20H34N4O.HI/c1-4-5-6-7-17(2)23-20(21-3)22-16-18-8-10-19(11-9-18)24-12-14-25-15-13-24;/h8-11,17H,4-7,12-16H2,1-3H3,(H2,21,22,23);1H. The molecule has 1 aromatic carbocycles. The van der Waals surface area contributed by atoms with Crippen LogP contribution in [-0.4, -0.2) is 45.4 Å². The molecule has 6 heteroatoms. The van der Waals surface area contributed by atoms with Gasteiger partial charge >= 0.3 is 0 Å². The Morgan fingerprint density at radius 1 is 1.19 bits per heavy atom. The molecule has 1 aliphatic heterocycles. The number of benzene rings is 1. The maximum Gasteiger partial charge on any atom is 0.191 e. The summed E-state index contributed by atoms with van der Waals surface area (Å²) in [7, 11) is 1.83. The average Bonchev–Trinajstić information content (AvgIpc) is 2.66. The van der Waals surface area contributed by atoms with Crippen LogP contribution >= 0.6 is 24.0 Å². The van der Waals surface area contributed by atoms with E-state index in [2.05, 4.69) is 58.6 Å². The smallest absolute Gasteiger partial charge is 0.191 e. The van der Waals surface area contributed by atoms with Crippen molar-refractivity contribution in [2.45, 2.75) is 52.1 Å². The minimum atomic E-state index is 0. The summed E-state index contributed by atoms with van der Waals surface area (Å²) in [5.74, 6) is 0.876. The molecule has 0 aromatic heterocycles. The third-order valence-corrected chi connectivity index (χ3v) is 4.62. The van der Waals surface area contributed by atoms with E-state index in [-0.39, 0.29) is 24.0 Å². The first kappa shape index (κ1) is 23.0. The number of aliphatic imine (C=N–C) groups is 1. The quantitative estimate of drug-likeness (QED) is 0.261. The Hall–Kier alpha value is -1.02. The summed E-state index contributed by atoms with van der Waals surface area (Å²) in [4.78, 5) is 6.71. The zero-order valence-corrected chi connectivity index (χ0v) is 18.8. The molecular formula is C20H35IN4O. The number of nitrogens with zero attached hydrogens (tertiary/aromatic N) is 2. The van der Waals surface area contributed by atoms with Crippen molar-refractivity contribution in [1.29, 1.82) is 0 Å². The van der Waals surface area contributed by atoms with Crippen molar-refractivity contribution in [3.05, 3.63) is 29.8 Å². The molecular weight excluding hydrogens is 439 g/mol. The molecule has 1 aliphatic rings. The van der Waals surface area contributed by atoms with Crippen LogP contribution in [0.1, 0.15) is 45.1 Å². The highest BCUT2D eigenvalue weighted by Crippen LogP contribution is 2.16. The predicted molar refractivity (Wildman–Crippen MR) is 122 cm³/mol. The van der Waals surface area contributed by atoms with Crippen LogP contribution in [0.15, 0.2) is 29.3 Å². The molecule has 1 aromatic rings. The average molecular weight is 474 g/mol. The fourth-order valence-electron chi connectivity index (χ4n) is 3.03. The van der Waals surface area contributed by atoms with E-state index in [0.717, 1.165) is 38.8 Å². The number of nitrogens with one attached hydrogen (secondary N) is 2. The molecule has 1 saturated heterocycles. The van der Waals surface area contributed by atoms with E-state index in [9.17, 15) is 0 Å². The van der Waals surface area contributed by atoms with Gasteiger partial charge in [0.2, 0.25) is 0 Å². The lowest BCUT2D eigenvalue weighted by Gasteiger charge is -2.29. The van der Waals surface area contributed by atoms with E-state index in [4.69, 9.17) is 4.74 Å². The zero-order chi connectivity index (χ0) is 17.9. The van der Waals surface area contributed by atoms with Gasteiger partial charge in [0.05, 0.1) is 13.2 Å². The molecule has 1 unspecified atom stereocenters. The van der Waals surface area contributed by atoms with E-state index < -0.39 is 0 Å². The largest absolute Gasteiger partial charge is 0.378 e. The molecule has 0 spiro atoms. The highest BCUT2D eigenvalue weighted by atomic mass is 127. The molecule has 0 saturated carbocycles. The van der Waals surface area contributed by atoms with Crippen LogP contribution in [0, 0.1) is 0 Å². The Labute approximate surface area is 176 Å². The van der Waals surface area contributed by atoms with Gasteiger partial charge in [-0.3, -0.25) is 4.99 Å². The summed E-state index contributed by atoms with van der Waals surface area (Å²) >= 11 is 0. The fourth-order valence-corrected chi connectivity index (χ4v) is 3.03. The summed E-state index contributed by atoms with van der Waals surface area (Å²) in [5.41, 5.74) is 2.54. The number of hydrogen-bond acceptors (Lipinski definition) is 3. The lowest BCUT2D eigenvalue weighted by molar-refractivity contribution is 0.122. The molecule has 5 nitrogen and oxygen atoms in total. The maximum atomic E-state index is 5.41. The number of hydrogen-bond donors (Lipinski definition) is 2. The Kier molecular flexibility index (Phi) is 11.7. The van der Waals surface area contributed by atoms with Crippen LogP contribution in [0.2, 0.25) is 0 Å². The van der Waals surface area contributed by atoms with Crippen LogP contribution < -0.4 is 15.5 Å². The SMILES string of the molecule is CCCCCC(C)NC(=NC)NCc1ccc(N2CCOCC2)cc1.I. The van der Waals surface area contributed by atoms with E-state index >= 15 is 0 Å². The summed E-state index contributed by atoms with van der Waals surface area (Å²) in [6, 6.07) is 9.23. The van der Waals surface area contributed by atoms with Gasteiger partial charge in [-0.15, -0.1) is 24.0 Å². The minimum Gasteiger partial charge on any atom is -0.378 e. The van der Waals surface area contributed by atoms with Crippen molar-refractivity contribution in [2.75, 3.05) is 38.3 Å². The molecule has 0 aliphatic carbocycles. The van der Waals surface area contributed by atoms with E-state index in [0.29, 0.717) is 6.04 Å². The van der Waals surface area contributed by atoms with Crippen LogP contribution in [0.5, 0.6) is 0 Å². The molecule has 26 heavy (non-hydrogen) atoms. The normalized spacial score (nSPS) is 16.0. The summed E-state index contributed by atoms with van der Waals surface area (Å²) < 4.78 is 5.41. The predicted octanol–water partition coefficient (Wildman–Crippen LogP) is 3.78. The van der Waals surface area contributed by atoms with Crippen molar-refractivity contribution in [2.24, 2.45) is 4.99 Å². The van der Waals surface area contributed by atoms with E-state index in [1.807, 2.05) is 7.05 Å². The van der Waals surface area contributed by atoms with Crippen molar-refractivity contribution in [3.8, 4) is 0 Å². The molecule has 0 bridgehead atoms. The fraction of sp³-hybridized carbons (Fsp3) is 0.650. The number of ether oxygens (including phenoxy) is 1. The zero-order valence-electron chi connectivity index (χ0n) is 16.5. The lowest BCUT2D eigenvalue weighted by atomic mass is 10.1. The number of morpholine rings is 1. The Morgan fingerprint density at radius 3 is 2.50 bits per heavy atom. The van der Waals surface area contributed by atoms with E-state index in [1.165, 1.54) is 36.9 Å². The minimum absolute atomic E-state index is 0. The van der Waals surface area contributed by atoms with Gasteiger partial charge in [0.15, 0.2) is 5.96 Å². The van der Waals surface area contributed by atoms with Gasteiger partial charge in [-0.05, 0) is 31.0 Å². The Balaban J connectivity index is 0.00000338. The van der Waals surface area contributed by atoms with Gasteiger partial charge in [-0.25, -0.2) is 0 Å². The highest BCUT2D eigenvalue weighted by molar-refractivity contribution is 14.0. The molecule has 1 fully saturated rings. The van der Waals surface area contributed by atoms with Crippen LogP contribution in [0.4, 0.5) is 5.69 Å². The molecule has 0 amide bonds. The monoisotopic (exact) mass is 474 g/mol. The lowest BCUT2D eigenvalue weighted by Crippen LogP contribution is -2.41. The summed E-state index contributed by atoms with van der Waals surface area (Å²) in [6.45, 7) is 8.84. The number of anilines is 1. The molecule has 1 atom stereocenters. The molecule has 1 heterocycles. The summed E-state index contributed by atoms with van der Waals surface area (Å²) in [6.07, 6.45) is 5.02. The molecule has 2 rings (SSSR count). The Morgan fingerprint density at radius 2 is 1.88 bits per heavy atom. The number of unbranched alkanes of at least 4 members (excludes halogenated alkanes) is 2. The highest BCUT2D eigenvalue weighted by Gasteiger charge is 2.11. The summed E-state index contributed by atoms with van der Waals surface area (Å²) in [5, 5.41) is 6.89. The maximum absolute atomic E-state index is 5.41. The van der Waals surface area contributed by atoms with Gasteiger partial charge in [-0.2, -0.15) is 0 Å². The number of guanidine groups is 1. The third-order valence-electron chi connectivity index (χ3n) is 4.62. The van der Waals surface area contributed by atoms with Crippen molar-refractivity contribution < 1.29 is 4.74 Å². The topological polar surface area (TPSA) is 48.9 Å². The first-order valence-electron chi connectivity index (χ1n) is 9.61. The van der Waals surface area contributed by atoms with Crippen LogP contribution in [-0.2, 0) is 11.3 Å². The second-order valence-corrected chi connectivity index (χ2v) is 6.73. The number of halogens is 1. The molecule has 148 valence electrons. The first-order valence-corrected chi connectivity index (χ1v) is 9.61. The van der Waals surface area contributed by atoms with Gasteiger partial charge < -0.3 is 20.3 Å². The Bertz CT molecular complexity index is 515. The van der Waals surface area contributed by atoms with Gasteiger partial charge in [0.25, 0.3) is 0 Å². The van der Waals surface area contributed by atoms with Crippen molar-refractivity contribution in [1.82, 2.24) is 10.6 Å². The second kappa shape index (κ2) is 13.2. The first-order chi connectivity index (χ1) is 12.2. The van der Waals surface area contributed by atoms with Crippen LogP contribution in [0.3, 0.4) is 0 Å². The van der Waals surface area contributed by atoms with Crippen molar-refractivity contribution in [3.63, 3.8) is 0 Å². The van der Waals surface area contributed by atoms with Gasteiger partial charge in [0, 0.05) is 38.4 Å². The number of rotatable bonds is 8. The second-order valence-electron chi connectivity index (χ2n) is 6.73. The van der Waals surface area contributed by atoms with E-state index in [1.54, 1.807) is 0 Å². The van der Waals surface area contributed by atoms with Gasteiger partial charge in [0.1, 0.15) is 0 Å². The van der Waals surface area contributed by atoms with Gasteiger partial charge in [-0.1, -0.05) is 38.3 Å². The molecule has 2 N–H and O–H groups in total. The van der Waals surface area contributed by atoms with Crippen molar-refractivity contribution >= 4 is 35.6 Å². The van der Waals surface area contributed by atoms with Crippen LogP contribution in [0.25, 0.3) is 0 Å². The third kappa shape index (κ3) is 8.12. The molecule has 0 radical (unpaired) electrons.